The van der Waals surface area contributed by atoms with E-state index in [1.807, 2.05) is 11.9 Å². The van der Waals surface area contributed by atoms with Gasteiger partial charge in [-0.25, -0.2) is 0 Å². The lowest BCUT2D eigenvalue weighted by atomic mass is 10.1. The average molecular weight is 143 g/mol. The highest BCUT2D eigenvalue weighted by atomic mass is 15.3. The third kappa shape index (κ3) is 3.33. The fourth-order valence-electron chi connectivity index (χ4n) is 0.318. The molecule has 0 fully saturated rings. The molecular formula is C7H17N3. The van der Waals surface area contributed by atoms with Gasteiger partial charge in [0.15, 0.2) is 0 Å². The summed E-state index contributed by atoms with van der Waals surface area (Å²) in [7, 11) is 3.79. The second-order valence-corrected chi connectivity index (χ2v) is 3.25. The first kappa shape index (κ1) is 9.27. The molecule has 3 nitrogen and oxygen atoms in total. The molecule has 0 heterocycles. The molecule has 0 bridgehead atoms. The lowest BCUT2D eigenvalue weighted by Crippen LogP contribution is -2.37. The van der Waals surface area contributed by atoms with E-state index >= 15 is 0 Å². The van der Waals surface area contributed by atoms with Crippen LogP contribution in [0.3, 0.4) is 0 Å². The molecular weight excluding hydrogens is 126 g/mol. The normalized spacial score (nSPS) is 12.1. The van der Waals surface area contributed by atoms with Crippen molar-refractivity contribution < 1.29 is 0 Å². The van der Waals surface area contributed by atoms with Gasteiger partial charge in [-0.3, -0.25) is 0 Å². The Kier molecular flexibility index (Phi) is 3.19. The predicted molar refractivity (Wildman–Crippen MR) is 45.1 cm³/mol. The van der Waals surface area contributed by atoms with Crippen LogP contribution < -0.4 is 5.43 Å². The summed E-state index contributed by atoms with van der Waals surface area (Å²) in [5, 5.41) is 3.89. The van der Waals surface area contributed by atoms with Crippen LogP contribution in [0, 0.1) is 0 Å². The van der Waals surface area contributed by atoms with Crippen molar-refractivity contribution >= 4 is 6.34 Å². The largest absolute Gasteiger partial charge is 0.359 e. The molecule has 0 atom stereocenters. The van der Waals surface area contributed by atoms with Gasteiger partial charge in [0.25, 0.3) is 0 Å². The highest BCUT2D eigenvalue weighted by Gasteiger charge is 2.12. The molecule has 0 radical (unpaired) electrons. The van der Waals surface area contributed by atoms with Gasteiger partial charge in [0.1, 0.15) is 6.34 Å². The van der Waals surface area contributed by atoms with Crippen molar-refractivity contribution in [3.05, 3.63) is 0 Å². The summed E-state index contributed by atoms with van der Waals surface area (Å²) in [6.45, 7) is 6.40. The monoisotopic (exact) mass is 143 g/mol. The molecule has 0 aliphatic carbocycles. The Hall–Kier alpha value is -0.730. The maximum absolute atomic E-state index is 3.89. The molecule has 1 N–H and O–H groups in total. The van der Waals surface area contributed by atoms with Crippen molar-refractivity contribution in [3.63, 3.8) is 0 Å². The fraction of sp³-hybridized carbons (Fsp3) is 0.857. The summed E-state index contributed by atoms with van der Waals surface area (Å²) in [4.78, 5) is 2.05. The fourth-order valence-corrected chi connectivity index (χ4v) is 0.318. The molecule has 0 rings (SSSR count). The Labute approximate surface area is 63.1 Å². The first-order valence-electron chi connectivity index (χ1n) is 3.41. The lowest BCUT2D eigenvalue weighted by Gasteiger charge is -2.29. The van der Waals surface area contributed by atoms with E-state index in [1.165, 1.54) is 0 Å². The summed E-state index contributed by atoms with van der Waals surface area (Å²) in [5.74, 6) is 0. The standard InChI is InChI=1S/C7H17N3/c1-7(2,3)10(5)6-9-8-4/h6,8H,1-5H3/b9-6-. The van der Waals surface area contributed by atoms with Gasteiger partial charge < -0.3 is 10.3 Å². The van der Waals surface area contributed by atoms with Crippen LogP contribution in [0.15, 0.2) is 5.10 Å². The van der Waals surface area contributed by atoms with Crippen LogP contribution in [0.1, 0.15) is 20.8 Å². The van der Waals surface area contributed by atoms with Crippen LogP contribution in [-0.4, -0.2) is 30.9 Å². The van der Waals surface area contributed by atoms with Crippen LogP contribution in [0.25, 0.3) is 0 Å². The zero-order valence-corrected chi connectivity index (χ0v) is 7.47. The minimum absolute atomic E-state index is 0.153. The molecule has 0 saturated carbocycles. The summed E-state index contributed by atoms with van der Waals surface area (Å²) >= 11 is 0. The number of nitrogens with one attached hydrogen (secondary N) is 1. The van der Waals surface area contributed by atoms with Gasteiger partial charge in [0.05, 0.1) is 0 Å². The Balaban J connectivity index is 3.84. The highest BCUT2D eigenvalue weighted by Crippen LogP contribution is 2.06. The van der Waals surface area contributed by atoms with Gasteiger partial charge in [0.2, 0.25) is 0 Å². The summed E-state index contributed by atoms with van der Waals surface area (Å²) in [6, 6.07) is 0. The maximum Gasteiger partial charge on any atom is 0.111 e. The first-order valence-corrected chi connectivity index (χ1v) is 3.41. The van der Waals surface area contributed by atoms with E-state index < -0.39 is 0 Å². The van der Waals surface area contributed by atoms with E-state index in [2.05, 4.69) is 31.3 Å². The highest BCUT2D eigenvalue weighted by molar-refractivity contribution is 5.55. The average Bonchev–Trinajstić information content (AvgIpc) is 1.80. The van der Waals surface area contributed by atoms with E-state index in [4.69, 9.17) is 0 Å². The Morgan fingerprint density at radius 2 is 1.90 bits per heavy atom. The second kappa shape index (κ2) is 3.44. The zero-order valence-electron chi connectivity index (χ0n) is 7.47. The molecule has 60 valence electrons. The van der Waals surface area contributed by atoms with Crippen LogP contribution in [-0.2, 0) is 0 Å². The smallest absolute Gasteiger partial charge is 0.111 e. The number of nitrogens with zero attached hydrogens (tertiary/aromatic N) is 2. The topological polar surface area (TPSA) is 27.6 Å². The third-order valence-corrected chi connectivity index (χ3v) is 1.42. The molecule has 0 amide bonds. The Morgan fingerprint density at radius 3 is 2.20 bits per heavy atom. The van der Waals surface area contributed by atoms with Gasteiger partial charge in [-0.15, -0.1) is 0 Å². The molecule has 0 aromatic rings. The Bertz CT molecular complexity index is 113. The van der Waals surface area contributed by atoms with Gasteiger partial charge in [-0.05, 0) is 20.8 Å². The molecule has 0 saturated heterocycles. The first-order chi connectivity index (χ1) is 4.48. The molecule has 0 unspecified atom stereocenters. The number of hydrogen-bond acceptors (Lipinski definition) is 2. The summed E-state index contributed by atoms with van der Waals surface area (Å²) in [6.07, 6.45) is 1.78. The van der Waals surface area contributed by atoms with Crippen LogP contribution in [0.4, 0.5) is 0 Å². The van der Waals surface area contributed by atoms with Crippen molar-refractivity contribution in [2.75, 3.05) is 14.1 Å². The number of rotatable bonds is 2. The third-order valence-electron chi connectivity index (χ3n) is 1.42. The van der Waals surface area contributed by atoms with Crippen LogP contribution in [0.2, 0.25) is 0 Å². The minimum atomic E-state index is 0.153. The SMILES string of the molecule is CN/N=C\N(C)C(C)(C)C. The van der Waals surface area contributed by atoms with Crippen molar-refractivity contribution in [3.8, 4) is 0 Å². The second-order valence-electron chi connectivity index (χ2n) is 3.25. The van der Waals surface area contributed by atoms with Crippen LogP contribution in [0.5, 0.6) is 0 Å². The Morgan fingerprint density at radius 1 is 1.40 bits per heavy atom. The van der Waals surface area contributed by atoms with Crippen molar-refractivity contribution in [2.45, 2.75) is 26.3 Å². The predicted octanol–water partition coefficient (Wildman–Crippen LogP) is 0.879. The van der Waals surface area contributed by atoms with Gasteiger partial charge in [0, 0.05) is 19.6 Å². The number of hydrogen-bond donors (Lipinski definition) is 1. The molecule has 0 spiro atoms. The molecule has 0 aliphatic rings. The molecule has 0 aromatic heterocycles. The van der Waals surface area contributed by atoms with E-state index in [0.717, 1.165) is 0 Å². The summed E-state index contributed by atoms with van der Waals surface area (Å²) in [5.41, 5.74) is 2.85. The van der Waals surface area contributed by atoms with Gasteiger partial charge in [-0.2, -0.15) is 5.10 Å². The van der Waals surface area contributed by atoms with E-state index in [-0.39, 0.29) is 5.54 Å². The van der Waals surface area contributed by atoms with Crippen molar-refractivity contribution in [2.24, 2.45) is 5.10 Å². The lowest BCUT2D eigenvalue weighted by molar-refractivity contribution is 0.289. The molecule has 3 heteroatoms. The zero-order chi connectivity index (χ0) is 8.20. The molecule has 0 aliphatic heterocycles. The van der Waals surface area contributed by atoms with Gasteiger partial charge in [-0.1, -0.05) is 0 Å². The van der Waals surface area contributed by atoms with E-state index in [1.54, 1.807) is 13.4 Å². The minimum Gasteiger partial charge on any atom is -0.359 e. The quantitative estimate of drug-likeness (QED) is 0.353. The van der Waals surface area contributed by atoms with Crippen molar-refractivity contribution in [1.29, 1.82) is 0 Å². The van der Waals surface area contributed by atoms with Crippen molar-refractivity contribution in [1.82, 2.24) is 10.3 Å². The number of hydrazone groups is 1. The van der Waals surface area contributed by atoms with Gasteiger partial charge >= 0.3 is 0 Å². The summed E-state index contributed by atoms with van der Waals surface area (Å²) < 4.78 is 0. The molecule has 10 heavy (non-hydrogen) atoms. The van der Waals surface area contributed by atoms with E-state index in [9.17, 15) is 0 Å². The maximum atomic E-state index is 3.89. The van der Waals surface area contributed by atoms with E-state index in [0.29, 0.717) is 0 Å². The molecule has 0 aromatic carbocycles. The van der Waals surface area contributed by atoms with Crippen LogP contribution >= 0.6 is 0 Å².